The van der Waals surface area contributed by atoms with Gasteiger partial charge in [-0.15, -0.1) is 0 Å². The van der Waals surface area contributed by atoms with Crippen LogP contribution in [0.3, 0.4) is 0 Å². The van der Waals surface area contributed by atoms with Crippen LogP contribution in [0.5, 0.6) is 5.75 Å². The number of non-ortho nitro benzene ring substituents is 1. The van der Waals surface area contributed by atoms with Crippen molar-refractivity contribution in [1.82, 2.24) is 4.90 Å². The van der Waals surface area contributed by atoms with E-state index in [1.807, 2.05) is 25.1 Å². The van der Waals surface area contributed by atoms with Crippen molar-refractivity contribution in [3.8, 4) is 5.75 Å². The summed E-state index contributed by atoms with van der Waals surface area (Å²) in [6.45, 7) is 0.730. The van der Waals surface area contributed by atoms with E-state index in [1.54, 1.807) is 6.07 Å². The van der Waals surface area contributed by atoms with Gasteiger partial charge >= 0.3 is 11.4 Å². The van der Waals surface area contributed by atoms with Crippen LogP contribution in [0.25, 0.3) is 0 Å². The number of carbonyl (C=O) groups is 1. The first-order valence-corrected chi connectivity index (χ1v) is 7.05. The molecule has 0 aliphatic rings. The number of rotatable bonds is 6. The van der Waals surface area contributed by atoms with Crippen LogP contribution in [0.1, 0.15) is 16.3 Å². The highest BCUT2D eigenvalue weighted by Crippen LogP contribution is 2.38. The van der Waals surface area contributed by atoms with Crippen molar-refractivity contribution in [3.63, 3.8) is 0 Å². The third kappa shape index (κ3) is 5.86. The van der Waals surface area contributed by atoms with Gasteiger partial charge in [0.15, 0.2) is 12.0 Å². The number of nitro groups is 3. The number of aldehydes is 1. The average molecular weight is 382 g/mol. The molecule has 0 amide bonds. The zero-order valence-corrected chi connectivity index (χ0v) is 14.1. The minimum atomic E-state index is -1.21. The SMILES string of the molecule is CN(C)Cc1ccc(C=O)o1.O=[N+]([O-])c1cc([N+](=O)[O-])c(O)c([N+](=O)[O-])c1. The monoisotopic (exact) mass is 382 g/mol. The van der Waals surface area contributed by atoms with Crippen molar-refractivity contribution in [2.75, 3.05) is 14.1 Å². The molecule has 2 aromatic rings. The molecule has 2 rings (SSSR count). The minimum absolute atomic E-state index is 0.391. The molecule has 0 aliphatic heterocycles. The van der Waals surface area contributed by atoms with E-state index in [-0.39, 0.29) is 0 Å². The number of furan rings is 1. The second-order valence-corrected chi connectivity index (χ2v) is 5.26. The fourth-order valence-corrected chi connectivity index (χ4v) is 1.83. The quantitative estimate of drug-likeness (QED) is 0.441. The summed E-state index contributed by atoms with van der Waals surface area (Å²) in [4.78, 5) is 39.9. The molecule has 13 heteroatoms. The molecule has 0 saturated carbocycles. The summed E-state index contributed by atoms with van der Waals surface area (Å²) in [5.74, 6) is -0.000417. The van der Waals surface area contributed by atoms with E-state index in [1.165, 1.54) is 0 Å². The first kappa shape index (κ1) is 21.2. The van der Waals surface area contributed by atoms with Crippen LogP contribution in [-0.4, -0.2) is 45.2 Å². The smallest absolute Gasteiger partial charge is 0.324 e. The summed E-state index contributed by atoms with van der Waals surface area (Å²) in [5, 5.41) is 40.2. The largest absolute Gasteiger partial charge is 0.497 e. The first-order chi connectivity index (χ1) is 12.6. The average Bonchev–Trinajstić information content (AvgIpc) is 3.01. The molecule has 27 heavy (non-hydrogen) atoms. The van der Waals surface area contributed by atoms with Crippen LogP contribution in [0, 0.1) is 30.3 Å². The standard InChI is InChI=1S/C8H11NO2.C6H3N3O7/c1-9(2)5-7-3-4-8(6-10)11-7;10-6-4(8(13)14)1-3(7(11)12)2-5(6)9(15)16/h3-4,6H,5H2,1-2H3;1-2,10H. The van der Waals surface area contributed by atoms with E-state index in [2.05, 4.69) is 0 Å². The molecule has 1 aromatic heterocycles. The topological polar surface area (TPSA) is 183 Å². The molecule has 0 bridgehead atoms. The van der Waals surface area contributed by atoms with Gasteiger partial charge in [-0.3, -0.25) is 35.1 Å². The van der Waals surface area contributed by atoms with E-state index in [0.29, 0.717) is 24.2 Å². The Hall–Kier alpha value is -3.87. The fraction of sp³-hybridized carbons (Fsp3) is 0.214. The molecule has 0 fully saturated rings. The maximum absolute atomic E-state index is 10.4. The van der Waals surface area contributed by atoms with Gasteiger partial charge in [-0.05, 0) is 26.2 Å². The van der Waals surface area contributed by atoms with Gasteiger partial charge in [0, 0.05) is 0 Å². The zero-order valence-electron chi connectivity index (χ0n) is 14.1. The van der Waals surface area contributed by atoms with Crippen molar-refractivity contribution in [2.24, 2.45) is 0 Å². The number of aromatic hydroxyl groups is 1. The van der Waals surface area contributed by atoms with Crippen molar-refractivity contribution in [3.05, 3.63) is 66.1 Å². The molecule has 13 nitrogen and oxygen atoms in total. The number of phenolic OH excluding ortho intramolecular Hbond substituents is 1. The van der Waals surface area contributed by atoms with E-state index in [9.17, 15) is 35.1 Å². The predicted octanol–water partition coefficient (Wildman–Crippen LogP) is 2.27. The lowest BCUT2D eigenvalue weighted by atomic mass is 10.2. The third-order valence-electron chi connectivity index (χ3n) is 2.93. The summed E-state index contributed by atoms with van der Waals surface area (Å²) in [5.41, 5.74) is -3.00. The van der Waals surface area contributed by atoms with E-state index in [0.717, 1.165) is 12.3 Å². The van der Waals surface area contributed by atoms with Crippen molar-refractivity contribution in [2.45, 2.75) is 6.54 Å². The van der Waals surface area contributed by atoms with E-state index >= 15 is 0 Å². The normalized spacial score (nSPS) is 10.0. The number of hydrogen-bond donors (Lipinski definition) is 1. The molecule has 1 heterocycles. The highest BCUT2D eigenvalue weighted by Gasteiger charge is 2.30. The lowest BCUT2D eigenvalue weighted by Crippen LogP contribution is -2.09. The van der Waals surface area contributed by atoms with Crippen LogP contribution < -0.4 is 0 Å². The molecule has 0 atom stereocenters. The Morgan fingerprint density at radius 2 is 1.56 bits per heavy atom. The van der Waals surface area contributed by atoms with Crippen LogP contribution in [0.2, 0.25) is 0 Å². The maximum atomic E-state index is 10.4. The highest BCUT2D eigenvalue weighted by atomic mass is 16.6. The summed E-state index contributed by atoms with van der Waals surface area (Å²) in [6, 6.07) is 4.38. The number of hydrogen-bond acceptors (Lipinski definition) is 10. The lowest BCUT2D eigenvalue weighted by molar-refractivity contribution is -0.404. The molecule has 0 saturated heterocycles. The Bertz CT molecular complexity index is 840. The molecule has 1 aromatic carbocycles. The molecule has 0 radical (unpaired) electrons. The summed E-state index contributed by atoms with van der Waals surface area (Å²) in [6.07, 6.45) is 0.707. The van der Waals surface area contributed by atoms with Gasteiger partial charge in [0.1, 0.15) is 5.76 Å². The molecule has 144 valence electrons. The molecule has 0 spiro atoms. The highest BCUT2D eigenvalue weighted by molar-refractivity contribution is 5.70. The van der Waals surface area contributed by atoms with Gasteiger partial charge in [0.2, 0.25) is 0 Å². The molecule has 0 unspecified atom stereocenters. The first-order valence-electron chi connectivity index (χ1n) is 7.05. The number of phenols is 1. The molecular weight excluding hydrogens is 368 g/mol. The van der Waals surface area contributed by atoms with Gasteiger partial charge in [-0.1, -0.05) is 0 Å². The second-order valence-electron chi connectivity index (χ2n) is 5.26. The van der Waals surface area contributed by atoms with Gasteiger partial charge in [0.25, 0.3) is 11.4 Å². The minimum Gasteiger partial charge on any atom is -0.497 e. The number of carbonyl (C=O) groups excluding carboxylic acids is 1. The van der Waals surface area contributed by atoms with Crippen molar-refractivity contribution >= 4 is 23.3 Å². The second kappa shape index (κ2) is 9.00. The molecule has 1 N–H and O–H groups in total. The van der Waals surface area contributed by atoms with Gasteiger partial charge in [-0.25, -0.2) is 0 Å². The Balaban J connectivity index is 0.000000289. The Morgan fingerprint density at radius 3 is 1.89 bits per heavy atom. The molecule has 0 aliphatic carbocycles. The fourth-order valence-electron chi connectivity index (χ4n) is 1.83. The van der Waals surface area contributed by atoms with Crippen LogP contribution in [0.4, 0.5) is 17.1 Å². The lowest BCUT2D eigenvalue weighted by Gasteiger charge is -2.04. The predicted molar refractivity (Wildman–Crippen MR) is 89.6 cm³/mol. The van der Waals surface area contributed by atoms with E-state index in [4.69, 9.17) is 9.52 Å². The van der Waals surface area contributed by atoms with Crippen molar-refractivity contribution < 1.29 is 29.1 Å². The van der Waals surface area contributed by atoms with Crippen molar-refractivity contribution in [1.29, 1.82) is 0 Å². The van der Waals surface area contributed by atoms with E-state index < -0.39 is 37.6 Å². The third-order valence-corrected chi connectivity index (χ3v) is 2.93. The Labute approximate surface area is 150 Å². The maximum Gasteiger partial charge on any atom is 0.324 e. The Morgan fingerprint density at radius 1 is 1.04 bits per heavy atom. The van der Waals surface area contributed by atoms with Gasteiger partial charge in [-0.2, -0.15) is 0 Å². The van der Waals surface area contributed by atoms with Gasteiger partial charge in [0.05, 0.1) is 33.4 Å². The van der Waals surface area contributed by atoms with Crippen LogP contribution >= 0.6 is 0 Å². The summed E-state index contributed by atoms with van der Waals surface area (Å²) in [7, 11) is 3.90. The number of nitro benzene ring substituents is 3. The number of benzene rings is 1. The van der Waals surface area contributed by atoms with Crippen LogP contribution in [0.15, 0.2) is 28.7 Å². The summed E-state index contributed by atoms with van der Waals surface area (Å²) >= 11 is 0. The number of nitrogens with zero attached hydrogens (tertiary/aromatic N) is 4. The summed E-state index contributed by atoms with van der Waals surface area (Å²) < 4.78 is 5.13. The Kier molecular flexibility index (Phi) is 7.06. The van der Waals surface area contributed by atoms with Gasteiger partial charge < -0.3 is 14.4 Å². The zero-order chi connectivity index (χ0) is 20.7. The van der Waals surface area contributed by atoms with Crippen LogP contribution in [-0.2, 0) is 6.54 Å². The molecular formula is C14H14N4O9.